The number of phenolic OH excluding ortho intramolecular Hbond substituents is 2. The molecule has 0 atom stereocenters. The van der Waals surface area contributed by atoms with Crippen molar-refractivity contribution < 1.29 is 19.5 Å². The first-order valence-corrected chi connectivity index (χ1v) is 17.2. The molecular weight excluding hydrogens is 626 g/mol. The van der Waals surface area contributed by atoms with Crippen LogP contribution >= 0.6 is 0 Å². The Morgan fingerprint density at radius 2 is 0.804 bits per heavy atom. The van der Waals surface area contributed by atoms with Crippen LogP contribution in [0.2, 0.25) is 0 Å². The van der Waals surface area contributed by atoms with E-state index in [-0.39, 0.29) is 11.5 Å². The molecule has 1 spiro atoms. The van der Waals surface area contributed by atoms with E-state index in [0.717, 1.165) is 32.5 Å². The maximum atomic E-state index is 10.7. The molecule has 0 saturated carbocycles. The highest BCUT2D eigenvalue weighted by Gasteiger charge is 2.51. The summed E-state index contributed by atoms with van der Waals surface area (Å²) in [5.41, 5.74) is 11.5. The Labute approximate surface area is 296 Å². The molecule has 6 heteroatoms. The largest absolute Gasteiger partial charge is 0.559 e. The van der Waals surface area contributed by atoms with E-state index in [1.54, 1.807) is 12.1 Å². The minimum Gasteiger partial charge on any atom is -0.559 e. The van der Waals surface area contributed by atoms with Crippen molar-refractivity contribution in [3.63, 3.8) is 0 Å². The molecule has 10 rings (SSSR count). The predicted molar refractivity (Wildman–Crippen MR) is 209 cm³/mol. The molecule has 8 aromatic rings. The van der Waals surface area contributed by atoms with Crippen molar-refractivity contribution in [1.82, 2.24) is 0 Å². The van der Waals surface area contributed by atoms with Gasteiger partial charge in [0.15, 0.2) is 0 Å². The number of hydrogen-bond acceptors (Lipinski definition) is 4. The number of benzene rings is 8. The van der Waals surface area contributed by atoms with Gasteiger partial charge in [-0.25, -0.2) is 0 Å². The lowest BCUT2D eigenvalue weighted by Gasteiger charge is -2.31. The molecule has 0 aromatic heterocycles. The van der Waals surface area contributed by atoms with E-state index >= 15 is 0 Å². The first-order chi connectivity index (χ1) is 25.1. The van der Waals surface area contributed by atoms with E-state index in [0.29, 0.717) is 26.5 Å². The lowest BCUT2D eigenvalue weighted by atomic mass is 9.68. The van der Waals surface area contributed by atoms with E-state index in [4.69, 9.17) is 9.31 Å². The van der Waals surface area contributed by atoms with Crippen molar-refractivity contribution in [2.45, 2.75) is 5.41 Å². The average Bonchev–Trinajstić information content (AvgIpc) is 3.63. The van der Waals surface area contributed by atoms with Gasteiger partial charge in [-0.3, -0.25) is 0 Å². The summed E-state index contributed by atoms with van der Waals surface area (Å²) >= 11 is 0. The van der Waals surface area contributed by atoms with Crippen LogP contribution in [0.1, 0.15) is 22.3 Å². The fourth-order valence-electron chi connectivity index (χ4n) is 8.55. The van der Waals surface area contributed by atoms with Crippen molar-refractivity contribution in [1.29, 1.82) is 0 Å². The summed E-state index contributed by atoms with van der Waals surface area (Å²) in [4.78, 5) is 0. The lowest BCUT2D eigenvalue weighted by molar-refractivity contribution is 0.479. The number of phenols is 2. The summed E-state index contributed by atoms with van der Waals surface area (Å²) < 4.78 is 12.9. The van der Waals surface area contributed by atoms with Crippen LogP contribution < -0.4 is 20.2 Å². The first-order valence-electron chi connectivity index (χ1n) is 17.2. The molecule has 240 valence electrons. The highest BCUT2D eigenvalue weighted by atomic mass is 16.4. The summed E-state index contributed by atoms with van der Waals surface area (Å²) in [5.74, 6) is 1.74. The first kappa shape index (κ1) is 29.5. The van der Waals surface area contributed by atoms with Gasteiger partial charge in [0.1, 0.15) is 23.0 Å². The molecule has 0 amide bonds. The summed E-state index contributed by atoms with van der Waals surface area (Å²) in [7, 11) is 0.709. The number of fused-ring (bicyclic) bond motifs is 12. The van der Waals surface area contributed by atoms with E-state index in [9.17, 15) is 10.2 Å². The standard InChI is InChI=1S/C45H30B2O4/c48-39-17-5-9-27-11-7-19-41(43(27)39)50-46-29-21-23-33-31-13-1-3-15-35(31)45(37(33)25-29)36-16-4-2-14-32(36)34-24-22-30(26-38(34)45)47-51-42-20-8-12-28-10-6-18-40(49)44(28)42/h1-26,46-49H. The Bertz CT molecular complexity index is 2510. The third-order valence-corrected chi connectivity index (χ3v) is 10.7. The van der Waals surface area contributed by atoms with Gasteiger partial charge in [-0.2, -0.15) is 0 Å². The lowest BCUT2D eigenvalue weighted by Crippen LogP contribution is -2.30. The van der Waals surface area contributed by atoms with Crippen LogP contribution in [0.4, 0.5) is 0 Å². The monoisotopic (exact) mass is 656 g/mol. The second-order valence-corrected chi connectivity index (χ2v) is 13.4. The molecule has 0 aliphatic heterocycles. The highest BCUT2D eigenvalue weighted by molar-refractivity contribution is 6.48. The van der Waals surface area contributed by atoms with Crippen molar-refractivity contribution in [3.8, 4) is 45.3 Å². The van der Waals surface area contributed by atoms with Crippen molar-refractivity contribution in [2.75, 3.05) is 0 Å². The van der Waals surface area contributed by atoms with Gasteiger partial charge >= 0.3 is 15.0 Å². The smallest absolute Gasteiger partial charge is 0.373 e. The normalized spacial score (nSPS) is 13.0. The SMILES string of the molecule is Oc1cccc2cccc(OBc3ccc4c(c3)C3(c5ccccc5-4)c4ccccc4-c4ccc(BOc5cccc6cccc(O)c56)cc43)c12. The van der Waals surface area contributed by atoms with Gasteiger partial charge in [-0.15, -0.1) is 0 Å². The minimum atomic E-state index is -0.528. The summed E-state index contributed by atoms with van der Waals surface area (Å²) in [6.07, 6.45) is 0. The van der Waals surface area contributed by atoms with Crippen LogP contribution in [0.5, 0.6) is 23.0 Å². The average molecular weight is 656 g/mol. The zero-order valence-corrected chi connectivity index (χ0v) is 27.6. The number of aromatic hydroxyl groups is 2. The molecular formula is C45H30B2O4. The topological polar surface area (TPSA) is 58.9 Å². The maximum Gasteiger partial charge on any atom is 0.373 e. The van der Waals surface area contributed by atoms with Crippen molar-refractivity contribution in [2.24, 2.45) is 0 Å². The Morgan fingerprint density at radius 1 is 0.392 bits per heavy atom. The molecule has 0 saturated heterocycles. The van der Waals surface area contributed by atoms with E-state index in [1.807, 2.05) is 60.7 Å². The van der Waals surface area contributed by atoms with E-state index < -0.39 is 5.41 Å². The van der Waals surface area contributed by atoms with Gasteiger partial charge in [0, 0.05) is 0 Å². The summed E-state index contributed by atoms with van der Waals surface area (Å²) in [6.45, 7) is 0. The zero-order valence-electron chi connectivity index (χ0n) is 27.6. The molecule has 0 fully saturated rings. The molecule has 2 aliphatic carbocycles. The Kier molecular flexibility index (Phi) is 6.56. The van der Waals surface area contributed by atoms with E-state index in [2.05, 4.69) is 84.9 Å². The molecule has 51 heavy (non-hydrogen) atoms. The molecule has 4 nitrogen and oxygen atoms in total. The zero-order chi connectivity index (χ0) is 34.1. The predicted octanol–water partition coefficient (Wildman–Crippen LogP) is 7.86. The molecule has 0 unspecified atom stereocenters. The van der Waals surface area contributed by atoms with Gasteiger partial charge < -0.3 is 19.5 Å². The second kappa shape index (κ2) is 11.3. The van der Waals surface area contributed by atoms with Crippen LogP contribution in [0.25, 0.3) is 43.8 Å². The molecule has 0 bridgehead atoms. The maximum absolute atomic E-state index is 10.7. The highest BCUT2D eigenvalue weighted by Crippen LogP contribution is 2.62. The minimum absolute atomic E-state index is 0.211. The van der Waals surface area contributed by atoms with Crippen LogP contribution in [-0.4, -0.2) is 25.2 Å². The van der Waals surface area contributed by atoms with Gasteiger partial charge in [-0.1, -0.05) is 133 Å². The fraction of sp³-hybridized carbons (Fsp3) is 0.0222. The Morgan fingerprint density at radius 3 is 1.27 bits per heavy atom. The van der Waals surface area contributed by atoms with Crippen LogP contribution in [0.3, 0.4) is 0 Å². The second-order valence-electron chi connectivity index (χ2n) is 13.4. The third-order valence-electron chi connectivity index (χ3n) is 10.7. The molecule has 2 N–H and O–H groups in total. The number of hydrogen-bond donors (Lipinski definition) is 2. The van der Waals surface area contributed by atoms with Crippen molar-refractivity contribution >= 4 is 47.4 Å². The van der Waals surface area contributed by atoms with Gasteiger partial charge in [0.25, 0.3) is 0 Å². The summed E-state index contributed by atoms with van der Waals surface area (Å²) in [6, 6.07) is 53.8. The van der Waals surface area contributed by atoms with Gasteiger partial charge in [0.05, 0.1) is 16.2 Å². The Balaban J connectivity index is 1.09. The van der Waals surface area contributed by atoms with E-state index in [1.165, 1.54) is 44.5 Å². The van der Waals surface area contributed by atoms with Gasteiger partial charge in [-0.05, 0) is 90.5 Å². The molecule has 0 heterocycles. The van der Waals surface area contributed by atoms with Gasteiger partial charge in [0.2, 0.25) is 0 Å². The molecule has 8 aromatic carbocycles. The number of rotatable bonds is 6. The van der Waals surface area contributed by atoms with Crippen LogP contribution in [0.15, 0.2) is 158 Å². The Hall–Kier alpha value is -6.39. The van der Waals surface area contributed by atoms with Crippen LogP contribution in [0, 0.1) is 0 Å². The molecule has 0 radical (unpaired) electrons. The van der Waals surface area contributed by atoms with Crippen molar-refractivity contribution in [3.05, 3.63) is 180 Å². The fourth-order valence-corrected chi connectivity index (χ4v) is 8.55. The molecule has 2 aliphatic rings. The summed E-state index contributed by atoms with van der Waals surface area (Å²) in [5, 5.41) is 24.7. The quantitative estimate of drug-likeness (QED) is 0.179. The van der Waals surface area contributed by atoms with Crippen LogP contribution in [-0.2, 0) is 5.41 Å². The third kappa shape index (κ3) is 4.36.